The lowest BCUT2D eigenvalue weighted by atomic mass is 9.92. The first-order chi connectivity index (χ1) is 9.06. The molecule has 2 aromatic rings. The fourth-order valence-electron chi connectivity index (χ4n) is 2.05. The summed E-state index contributed by atoms with van der Waals surface area (Å²) in [5.41, 5.74) is -0.148. The van der Waals surface area contributed by atoms with Gasteiger partial charge in [0.05, 0.1) is 12.7 Å². The highest BCUT2D eigenvalue weighted by Crippen LogP contribution is 2.26. The molecule has 102 valence electrons. The van der Waals surface area contributed by atoms with Gasteiger partial charge in [0.25, 0.3) is 0 Å². The molecule has 0 saturated carbocycles. The number of aryl methyl sites for hydroxylation is 1. The van der Waals surface area contributed by atoms with E-state index >= 15 is 0 Å². The number of nitrogens with zero attached hydrogens (tertiary/aromatic N) is 3. The molecule has 0 saturated heterocycles. The number of rotatable bonds is 5. The molecular weight excluding hydrogens is 242 g/mol. The second kappa shape index (κ2) is 5.40. The number of hydrogen-bond acceptors (Lipinski definition) is 4. The molecule has 0 aliphatic heterocycles. The average Bonchev–Trinajstić information content (AvgIpc) is 2.85. The zero-order valence-electron chi connectivity index (χ0n) is 11.5. The number of hydrogen-bond donors (Lipinski definition) is 1. The summed E-state index contributed by atoms with van der Waals surface area (Å²) in [7, 11) is 1.62. The van der Waals surface area contributed by atoms with Crippen molar-refractivity contribution < 1.29 is 9.84 Å². The highest BCUT2D eigenvalue weighted by Gasteiger charge is 2.26. The van der Waals surface area contributed by atoms with E-state index in [9.17, 15) is 5.11 Å². The largest absolute Gasteiger partial charge is 0.497 e. The Morgan fingerprint density at radius 1 is 1.32 bits per heavy atom. The highest BCUT2D eigenvalue weighted by atomic mass is 16.5. The molecule has 2 rings (SSSR count). The smallest absolute Gasteiger partial charge is 0.138 e. The number of benzene rings is 1. The lowest BCUT2D eigenvalue weighted by molar-refractivity contribution is 0.0542. The molecule has 0 aliphatic rings. The lowest BCUT2D eigenvalue weighted by Crippen LogP contribution is -2.26. The quantitative estimate of drug-likeness (QED) is 0.891. The van der Waals surface area contributed by atoms with E-state index in [1.807, 2.05) is 31.2 Å². The van der Waals surface area contributed by atoms with Crippen LogP contribution in [0.4, 0.5) is 0 Å². The van der Waals surface area contributed by atoms with E-state index in [0.717, 1.165) is 23.7 Å². The van der Waals surface area contributed by atoms with Crippen LogP contribution >= 0.6 is 0 Å². The van der Waals surface area contributed by atoms with Crippen molar-refractivity contribution in [1.29, 1.82) is 0 Å². The van der Waals surface area contributed by atoms with E-state index < -0.39 is 5.60 Å². The van der Waals surface area contributed by atoms with Crippen LogP contribution in [0, 0.1) is 0 Å². The van der Waals surface area contributed by atoms with Crippen molar-refractivity contribution in [1.82, 2.24) is 14.8 Å². The van der Waals surface area contributed by atoms with Crippen molar-refractivity contribution in [2.24, 2.45) is 0 Å². The Bertz CT molecular complexity index is 532. The fraction of sp³-hybridized carbons (Fsp3) is 0.429. The molecule has 19 heavy (non-hydrogen) atoms. The third-order valence-corrected chi connectivity index (χ3v) is 3.21. The van der Waals surface area contributed by atoms with Gasteiger partial charge in [0.15, 0.2) is 0 Å². The summed E-state index contributed by atoms with van der Waals surface area (Å²) in [5, 5.41) is 14.7. The fourth-order valence-corrected chi connectivity index (χ4v) is 2.05. The van der Waals surface area contributed by atoms with E-state index in [-0.39, 0.29) is 0 Å². The standard InChI is InChI=1S/C14H19N3O2/c1-4-17-13(15-10-16-17)9-14(2,18)11-5-7-12(19-3)8-6-11/h5-8,10,18H,4,9H2,1-3H3. The molecule has 5 heteroatoms. The minimum atomic E-state index is -0.980. The molecule has 0 aliphatic carbocycles. The van der Waals surface area contributed by atoms with Crippen molar-refractivity contribution in [3.63, 3.8) is 0 Å². The molecule has 0 spiro atoms. The van der Waals surface area contributed by atoms with Crippen LogP contribution in [0.25, 0.3) is 0 Å². The van der Waals surface area contributed by atoms with Gasteiger partial charge in [0, 0.05) is 13.0 Å². The summed E-state index contributed by atoms with van der Waals surface area (Å²) in [6.07, 6.45) is 1.94. The Morgan fingerprint density at radius 2 is 2.00 bits per heavy atom. The molecule has 5 nitrogen and oxygen atoms in total. The van der Waals surface area contributed by atoms with Gasteiger partial charge in [0.2, 0.25) is 0 Å². The van der Waals surface area contributed by atoms with Crippen LogP contribution in [0.1, 0.15) is 25.2 Å². The Morgan fingerprint density at radius 3 is 2.58 bits per heavy atom. The van der Waals surface area contributed by atoms with Gasteiger partial charge in [-0.1, -0.05) is 12.1 Å². The Balaban J connectivity index is 2.21. The van der Waals surface area contributed by atoms with E-state index in [4.69, 9.17) is 4.74 Å². The van der Waals surface area contributed by atoms with Crippen molar-refractivity contribution in [3.05, 3.63) is 42.0 Å². The van der Waals surface area contributed by atoms with Crippen molar-refractivity contribution in [3.8, 4) is 5.75 Å². The Kier molecular flexibility index (Phi) is 3.85. The third kappa shape index (κ3) is 2.93. The minimum Gasteiger partial charge on any atom is -0.497 e. The van der Waals surface area contributed by atoms with E-state index in [1.54, 1.807) is 18.7 Å². The van der Waals surface area contributed by atoms with Crippen molar-refractivity contribution in [2.45, 2.75) is 32.4 Å². The maximum atomic E-state index is 10.6. The number of ether oxygens (including phenoxy) is 1. The SMILES string of the molecule is CCn1ncnc1CC(C)(O)c1ccc(OC)cc1. The summed E-state index contributed by atoms with van der Waals surface area (Å²) in [6.45, 7) is 4.53. The van der Waals surface area contributed by atoms with Crippen molar-refractivity contribution >= 4 is 0 Å². The zero-order valence-corrected chi connectivity index (χ0v) is 11.5. The molecule has 1 N–H and O–H groups in total. The molecule has 0 radical (unpaired) electrons. The summed E-state index contributed by atoms with van der Waals surface area (Å²) in [6, 6.07) is 7.42. The second-order valence-corrected chi connectivity index (χ2v) is 4.67. The number of aromatic nitrogens is 3. The highest BCUT2D eigenvalue weighted by molar-refractivity contribution is 5.31. The molecule has 1 aromatic heterocycles. The molecule has 1 atom stereocenters. The molecular formula is C14H19N3O2. The third-order valence-electron chi connectivity index (χ3n) is 3.21. The summed E-state index contributed by atoms with van der Waals surface area (Å²) in [5.74, 6) is 1.56. The Labute approximate surface area is 112 Å². The van der Waals surface area contributed by atoms with Crippen molar-refractivity contribution in [2.75, 3.05) is 7.11 Å². The molecule has 0 amide bonds. The van der Waals surface area contributed by atoms with Gasteiger partial charge in [-0.05, 0) is 31.5 Å². The normalized spacial score (nSPS) is 14.1. The van der Waals surface area contributed by atoms with Crippen LogP contribution in [0.2, 0.25) is 0 Å². The molecule has 0 bridgehead atoms. The van der Waals surface area contributed by atoms with Crippen LogP contribution in [0.3, 0.4) is 0 Å². The van der Waals surface area contributed by atoms with Crippen LogP contribution in [-0.2, 0) is 18.6 Å². The molecule has 0 fully saturated rings. The number of methoxy groups -OCH3 is 1. The van der Waals surface area contributed by atoms with Crippen LogP contribution in [0.15, 0.2) is 30.6 Å². The molecule has 1 heterocycles. The lowest BCUT2D eigenvalue weighted by Gasteiger charge is -2.23. The van der Waals surface area contributed by atoms with Gasteiger partial charge in [-0.25, -0.2) is 4.98 Å². The monoisotopic (exact) mass is 261 g/mol. The van der Waals surface area contributed by atoms with Gasteiger partial charge in [-0.3, -0.25) is 4.68 Å². The zero-order chi connectivity index (χ0) is 13.9. The first-order valence-corrected chi connectivity index (χ1v) is 6.30. The molecule has 1 unspecified atom stereocenters. The minimum absolute atomic E-state index is 0.424. The summed E-state index contributed by atoms with van der Waals surface area (Å²) >= 11 is 0. The van der Waals surface area contributed by atoms with Crippen LogP contribution < -0.4 is 4.74 Å². The van der Waals surface area contributed by atoms with Gasteiger partial charge < -0.3 is 9.84 Å². The maximum Gasteiger partial charge on any atom is 0.138 e. The first-order valence-electron chi connectivity index (χ1n) is 6.30. The molecule has 1 aromatic carbocycles. The maximum absolute atomic E-state index is 10.6. The topological polar surface area (TPSA) is 60.2 Å². The first kappa shape index (κ1) is 13.5. The van der Waals surface area contributed by atoms with Crippen LogP contribution in [-0.4, -0.2) is 27.0 Å². The number of aliphatic hydroxyl groups is 1. The summed E-state index contributed by atoms with van der Waals surface area (Å²) in [4.78, 5) is 4.20. The van der Waals surface area contributed by atoms with Gasteiger partial charge in [0.1, 0.15) is 17.9 Å². The van der Waals surface area contributed by atoms with Gasteiger partial charge >= 0.3 is 0 Å². The second-order valence-electron chi connectivity index (χ2n) is 4.67. The van der Waals surface area contributed by atoms with E-state index in [1.165, 1.54) is 6.33 Å². The van der Waals surface area contributed by atoms with E-state index in [0.29, 0.717) is 6.42 Å². The van der Waals surface area contributed by atoms with Crippen LogP contribution in [0.5, 0.6) is 5.75 Å². The predicted octanol–water partition coefficient (Wildman–Crippen LogP) is 1.76. The van der Waals surface area contributed by atoms with E-state index in [2.05, 4.69) is 10.1 Å². The Hall–Kier alpha value is -1.88. The van der Waals surface area contributed by atoms with Gasteiger partial charge in [-0.2, -0.15) is 5.10 Å². The van der Waals surface area contributed by atoms with Gasteiger partial charge in [-0.15, -0.1) is 0 Å². The predicted molar refractivity (Wildman–Crippen MR) is 72.0 cm³/mol. The average molecular weight is 261 g/mol. The summed E-state index contributed by atoms with van der Waals surface area (Å²) < 4.78 is 6.91.